The quantitative estimate of drug-likeness (QED) is 0.605. The number of aryl methyl sites for hydroxylation is 1. The van der Waals surface area contributed by atoms with Crippen LogP contribution in [0.15, 0.2) is 78.5 Å². The second-order valence-corrected chi connectivity index (χ2v) is 7.09. The Morgan fingerprint density at radius 2 is 1.58 bits per heavy atom. The minimum absolute atomic E-state index is 0.196. The number of carbonyl (C=O) groups excluding carboxylic acids is 2. The number of hydrogen-bond acceptors (Lipinski definition) is 5. The molecule has 3 aromatic rings. The van der Waals surface area contributed by atoms with Gasteiger partial charge in [-0.15, -0.1) is 0 Å². The van der Waals surface area contributed by atoms with Crippen molar-refractivity contribution in [3.63, 3.8) is 0 Å². The van der Waals surface area contributed by atoms with Crippen LogP contribution in [-0.4, -0.2) is 26.0 Å². The van der Waals surface area contributed by atoms with Crippen LogP contribution in [0.5, 0.6) is 11.5 Å². The SMILES string of the molecule is COc1ccc(NC2=C(c3ccccc3)C(=O)N(c3cccc(C)c3)C2=O)c(OC)c1. The lowest BCUT2D eigenvalue weighted by molar-refractivity contribution is -0.120. The maximum atomic E-state index is 13.5. The van der Waals surface area contributed by atoms with Gasteiger partial charge in [0, 0.05) is 6.07 Å². The first-order valence-electron chi connectivity index (χ1n) is 9.77. The molecule has 31 heavy (non-hydrogen) atoms. The Hall–Kier alpha value is -4.06. The average molecular weight is 414 g/mol. The highest BCUT2D eigenvalue weighted by Gasteiger charge is 2.40. The predicted octanol–water partition coefficient (Wildman–Crippen LogP) is 4.41. The molecule has 4 rings (SSSR count). The smallest absolute Gasteiger partial charge is 0.282 e. The van der Waals surface area contributed by atoms with Crippen molar-refractivity contribution in [3.05, 3.63) is 89.6 Å². The highest BCUT2D eigenvalue weighted by molar-refractivity contribution is 6.46. The normalized spacial score (nSPS) is 13.6. The van der Waals surface area contributed by atoms with Gasteiger partial charge in [-0.25, -0.2) is 4.90 Å². The van der Waals surface area contributed by atoms with Crippen LogP contribution in [0.1, 0.15) is 11.1 Å². The number of nitrogens with one attached hydrogen (secondary N) is 1. The second kappa shape index (κ2) is 8.36. The maximum absolute atomic E-state index is 13.5. The van der Waals surface area contributed by atoms with Crippen molar-refractivity contribution in [3.8, 4) is 11.5 Å². The highest BCUT2D eigenvalue weighted by atomic mass is 16.5. The number of rotatable bonds is 6. The molecule has 0 radical (unpaired) electrons. The van der Waals surface area contributed by atoms with E-state index in [0.717, 1.165) is 5.56 Å². The fraction of sp³-hybridized carbons (Fsp3) is 0.120. The molecule has 0 atom stereocenters. The van der Waals surface area contributed by atoms with Gasteiger partial charge in [0.15, 0.2) is 0 Å². The first kappa shape index (κ1) is 20.2. The predicted molar refractivity (Wildman–Crippen MR) is 120 cm³/mol. The van der Waals surface area contributed by atoms with E-state index in [9.17, 15) is 9.59 Å². The number of carbonyl (C=O) groups is 2. The summed E-state index contributed by atoms with van der Waals surface area (Å²) in [5, 5.41) is 3.14. The van der Waals surface area contributed by atoms with Crippen LogP contribution in [0.4, 0.5) is 11.4 Å². The topological polar surface area (TPSA) is 67.9 Å². The van der Waals surface area contributed by atoms with E-state index >= 15 is 0 Å². The first-order valence-corrected chi connectivity index (χ1v) is 9.77. The lowest BCUT2D eigenvalue weighted by Crippen LogP contribution is -2.32. The van der Waals surface area contributed by atoms with E-state index in [1.165, 1.54) is 12.0 Å². The highest BCUT2D eigenvalue weighted by Crippen LogP contribution is 2.36. The molecule has 0 unspecified atom stereocenters. The van der Waals surface area contributed by atoms with Crippen LogP contribution in [0.2, 0.25) is 0 Å². The summed E-state index contributed by atoms with van der Waals surface area (Å²) in [5.74, 6) is 0.312. The van der Waals surface area contributed by atoms with Crippen LogP contribution in [0, 0.1) is 6.92 Å². The molecule has 6 nitrogen and oxygen atoms in total. The van der Waals surface area contributed by atoms with E-state index in [4.69, 9.17) is 9.47 Å². The van der Waals surface area contributed by atoms with Gasteiger partial charge in [0.2, 0.25) is 0 Å². The molecule has 1 aliphatic rings. The zero-order valence-corrected chi connectivity index (χ0v) is 17.5. The molecule has 0 saturated carbocycles. The Kier molecular flexibility index (Phi) is 5.45. The molecule has 0 bridgehead atoms. The third-order valence-corrected chi connectivity index (χ3v) is 5.07. The Balaban J connectivity index is 1.83. The van der Waals surface area contributed by atoms with E-state index in [-0.39, 0.29) is 11.6 Å². The molecule has 0 aromatic heterocycles. The largest absolute Gasteiger partial charge is 0.497 e. The number of nitrogens with zero attached hydrogens (tertiary/aromatic N) is 1. The molecule has 2 amide bonds. The van der Waals surface area contributed by atoms with E-state index in [0.29, 0.717) is 34.0 Å². The summed E-state index contributed by atoms with van der Waals surface area (Å²) in [5.41, 5.74) is 3.20. The Labute approximate surface area is 180 Å². The van der Waals surface area contributed by atoms with Crippen molar-refractivity contribution in [2.45, 2.75) is 6.92 Å². The monoisotopic (exact) mass is 414 g/mol. The Morgan fingerprint density at radius 3 is 2.26 bits per heavy atom. The van der Waals surface area contributed by atoms with Gasteiger partial charge in [-0.2, -0.15) is 0 Å². The van der Waals surface area contributed by atoms with E-state index in [1.807, 2.05) is 55.5 Å². The summed E-state index contributed by atoms with van der Waals surface area (Å²) in [7, 11) is 3.10. The van der Waals surface area contributed by atoms with Gasteiger partial charge in [0.1, 0.15) is 17.2 Å². The third-order valence-electron chi connectivity index (χ3n) is 5.07. The molecule has 0 aliphatic carbocycles. The summed E-state index contributed by atoms with van der Waals surface area (Å²) in [6.07, 6.45) is 0. The molecule has 1 heterocycles. The molecule has 3 aromatic carbocycles. The van der Waals surface area contributed by atoms with Gasteiger partial charge >= 0.3 is 0 Å². The van der Waals surface area contributed by atoms with Gasteiger partial charge in [0.05, 0.1) is 31.2 Å². The summed E-state index contributed by atoms with van der Waals surface area (Å²) < 4.78 is 10.7. The number of benzene rings is 3. The van der Waals surface area contributed by atoms with Crippen molar-refractivity contribution in [1.29, 1.82) is 0 Å². The van der Waals surface area contributed by atoms with Crippen molar-refractivity contribution in [2.75, 3.05) is 24.4 Å². The van der Waals surface area contributed by atoms with E-state index in [2.05, 4.69) is 5.32 Å². The fourth-order valence-corrected chi connectivity index (χ4v) is 3.56. The molecule has 6 heteroatoms. The van der Waals surface area contributed by atoms with Crippen molar-refractivity contribution in [2.24, 2.45) is 0 Å². The lowest BCUT2D eigenvalue weighted by Gasteiger charge is -2.16. The molecule has 0 spiro atoms. The standard InChI is InChI=1S/C25H22N2O4/c1-16-8-7-11-18(14-16)27-24(28)22(17-9-5-4-6-10-17)23(25(27)29)26-20-13-12-19(30-2)15-21(20)31-3/h4-15,26H,1-3H3. The van der Waals surface area contributed by atoms with Gasteiger partial charge in [-0.3, -0.25) is 9.59 Å². The van der Waals surface area contributed by atoms with Gasteiger partial charge in [0.25, 0.3) is 11.8 Å². The van der Waals surface area contributed by atoms with Crippen molar-refractivity contribution >= 4 is 28.8 Å². The van der Waals surface area contributed by atoms with Gasteiger partial charge in [-0.1, -0.05) is 42.5 Å². The molecule has 0 fully saturated rings. The average Bonchev–Trinajstić information content (AvgIpc) is 3.03. The molecular weight excluding hydrogens is 392 g/mol. The van der Waals surface area contributed by atoms with Crippen molar-refractivity contribution < 1.29 is 19.1 Å². The summed E-state index contributed by atoms with van der Waals surface area (Å²) in [6.45, 7) is 1.92. The Bertz CT molecular complexity index is 1190. The molecule has 1 N–H and O–H groups in total. The lowest BCUT2D eigenvalue weighted by atomic mass is 10.0. The van der Waals surface area contributed by atoms with Crippen molar-refractivity contribution in [1.82, 2.24) is 0 Å². The van der Waals surface area contributed by atoms with E-state index < -0.39 is 5.91 Å². The second-order valence-electron chi connectivity index (χ2n) is 7.09. The number of imide groups is 1. The number of methoxy groups -OCH3 is 2. The number of amides is 2. The molecular formula is C25H22N2O4. The van der Waals surface area contributed by atoms with Gasteiger partial charge in [-0.05, 0) is 42.3 Å². The minimum Gasteiger partial charge on any atom is -0.497 e. The summed E-state index contributed by atoms with van der Waals surface area (Å²) >= 11 is 0. The Morgan fingerprint density at radius 1 is 0.806 bits per heavy atom. The number of anilines is 2. The molecule has 0 saturated heterocycles. The fourth-order valence-electron chi connectivity index (χ4n) is 3.56. The minimum atomic E-state index is -0.424. The molecule has 1 aliphatic heterocycles. The van der Waals surface area contributed by atoms with Crippen LogP contribution >= 0.6 is 0 Å². The van der Waals surface area contributed by atoms with Crippen LogP contribution in [-0.2, 0) is 9.59 Å². The van der Waals surface area contributed by atoms with Crippen LogP contribution in [0.3, 0.4) is 0 Å². The number of hydrogen-bond donors (Lipinski definition) is 1. The summed E-state index contributed by atoms with van der Waals surface area (Å²) in [6, 6.07) is 21.7. The first-order chi connectivity index (χ1) is 15.0. The molecule has 156 valence electrons. The summed E-state index contributed by atoms with van der Waals surface area (Å²) in [4.78, 5) is 28.1. The van der Waals surface area contributed by atoms with Gasteiger partial charge < -0.3 is 14.8 Å². The zero-order valence-electron chi connectivity index (χ0n) is 17.5. The van der Waals surface area contributed by atoms with E-state index in [1.54, 1.807) is 31.4 Å². The maximum Gasteiger partial charge on any atom is 0.282 e. The number of ether oxygens (including phenoxy) is 2. The van der Waals surface area contributed by atoms with Crippen LogP contribution in [0.25, 0.3) is 5.57 Å². The van der Waals surface area contributed by atoms with Crippen LogP contribution < -0.4 is 19.7 Å². The third kappa shape index (κ3) is 3.75. The zero-order chi connectivity index (χ0) is 22.0.